The molecule has 1 aliphatic heterocycles. The van der Waals surface area contributed by atoms with Crippen LogP contribution < -0.4 is 5.32 Å². The molecule has 1 atom stereocenters. The van der Waals surface area contributed by atoms with Crippen molar-refractivity contribution in [3.63, 3.8) is 0 Å². The first-order chi connectivity index (χ1) is 14.8. The topological polar surface area (TPSA) is 64.6 Å². The van der Waals surface area contributed by atoms with E-state index in [0.717, 1.165) is 11.1 Å². The predicted molar refractivity (Wildman–Crippen MR) is 120 cm³/mol. The first-order valence-electron chi connectivity index (χ1n) is 10.4. The third kappa shape index (κ3) is 4.88. The minimum atomic E-state index is -0.571. The second-order valence-corrected chi connectivity index (χ2v) is 8.01. The zero-order valence-electron chi connectivity index (χ0n) is 18.7. The molecule has 2 aromatic rings. The lowest BCUT2D eigenvalue weighted by Crippen LogP contribution is -2.32. The molecule has 1 heterocycles. The van der Waals surface area contributed by atoms with Gasteiger partial charge < -0.3 is 14.8 Å². The molecule has 0 radical (unpaired) electrons. The zero-order valence-corrected chi connectivity index (χ0v) is 18.7. The number of allylic oxidation sites excluding steroid dienone is 2. The standard InChI is InChI=1S/C26H29NO4/c1-16(2)20-11-13-21(14-12-20)24-22(25(28)30-5)17(3)27-18(4)23(24)26(29)31-15-19-9-7-6-8-10-19/h6-14,16,24,27H,15H2,1-5H3/t24-/m0/s1. The highest BCUT2D eigenvalue weighted by Gasteiger charge is 2.37. The number of esters is 2. The van der Waals surface area contributed by atoms with E-state index in [0.29, 0.717) is 28.5 Å². The molecule has 0 fully saturated rings. The normalized spacial score (nSPS) is 16.3. The maximum Gasteiger partial charge on any atom is 0.337 e. The number of nitrogens with one attached hydrogen (secondary N) is 1. The predicted octanol–water partition coefficient (Wildman–Crippen LogP) is 4.96. The number of methoxy groups -OCH3 is 1. The Hall–Kier alpha value is -3.34. The highest BCUT2D eigenvalue weighted by Crippen LogP contribution is 2.39. The number of rotatable bonds is 6. The molecule has 2 aromatic carbocycles. The van der Waals surface area contributed by atoms with Gasteiger partial charge in [0, 0.05) is 11.4 Å². The van der Waals surface area contributed by atoms with Gasteiger partial charge in [-0.3, -0.25) is 0 Å². The summed E-state index contributed by atoms with van der Waals surface area (Å²) in [6.07, 6.45) is 0. The van der Waals surface area contributed by atoms with Crippen LogP contribution in [0.25, 0.3) is 0 Å². The largest absolute Gasteiger partial charge is 0.466 e. The summed E-state index contributed by atoms with van der Waals surface area (Å²) in [5.74, 6) is -1.12. The first kappa shape index (κ1) is 22.3. The van der Waals surface area contributed by atoms with Crippen molar-refractivity contribution in [2.75, 3.05) is 7.11 Å². The Morgan fingerprint density at radius 1 is 0.903 bits per heavy atom. The van der Waals surface area contributed by atoms with Gasteiger partial charge in [-0.05, 0) is 36.5 Å². The van der Waals surface area contributed by atoms with Crippen molar-refractivity contribution in [3.05, 3.63) is 93.8 Å². The van der Waals surface area contributed by atoms with E-state index in [-0.39, 0.29) is 6.61 Å². The van der Waals surface area contributed by atoms with Crippen LogP contribution in [0.2, 0.25) is 0 Å². The summed E-state index contributed by atoms with van der Waals surface area (Å²) in [4.78, 5) is 25.9. The van der Waals surface area contributed by atoms with Gasteiger partial charge in [0.15, 0.2) is 0 Å². The zero-order chi connectivity index (χ0) is 22.5. The lowest BCUT2D eigenvalue weighted by molar-refractivity contribution is -0.140. The van der Waals surface area contributed by atoms with Gasteiger partial charge in [0.2, 0.25) is 0 Å². The first-order valence-corrected chi connectivity index (χ1v) is 10.4. The minimum Gasteiger partial charge on any atom is -0.466 e. The van der Waals surface area contributed by atoms with Crippen LogP contribution >= 0.6 is 0 Å². The second-order valence-electron chi connectivity index (χ2n) is 8.01. The number of dihydropyridines is 1. The van der Waals surface area contributed by atoms with Crippen molar-refractivity contribution in [3.8, 4) is 0 Å². The van der Waals surface area contributed by atoms with E-state index in [1.54, 1.807) is 0 Å². The molecule has 0 spiro atoms. The molecule has 0 saturated heterocycles. The summed E-state index contributed by atoms with van der Waals surface area (Å²) >= 11 is 0. The van der Waals surface area contributed by atoms with Crippen molar-refractivity contribution >= 4 is 11.9 Å². The smallest absolute Gasteiger partial charge is 0.337 e. The maximum absolute atomic E-state index is 13.2. The molecule has 1 N–H and O–H groups in total. The van der Waals surface area contributed by atoms with E-state index in [1.165, 1.54) is 12.7 Å². The average molecular weight is 420 g/mol. The molecule has 0 aromatic heterocycles. The average Bonchev–Trinajstić information content (AvgIpc) is 2.77. The van der Waals surface area contributed by atoms with Gasteiger partial charge in [0.25, 0.3) is 0 Å². The van der Waals surface area contributed by atoms with Crippen LogP contribution in [-0.4, -0.2) is 19.0 Å². The third-order valence-electron chi connectivity index (χ3n) is 5.53. The quantitative estimate of drug-likeness (QED) is 0.671. The summed E-state index contributed by atoms with van der Waals surface area (Å²) in [6.45, 7) is 8.05. The van der Waals surface area contributed by atoms with Crippen molar-refractivity contribution in [2.24, 2.45) is 0 Å². The number of hydrogen-bond acceptors (Lipinski definition) is 5. The van der Waals surface area contributed by atoms with Gasteiger partial charge in [-0.25, -0.2) is 9.59 Å². The van der Waals surface area contributed by atoms with Crippen LogP contribution in [0.4, 0.5) is 0 Å². The Morgan fingerprint density at radius 3 is 2.03 bits per heavy atom. The van der Waals surface area contributed by atoms with E-state index in [4.69, 9.17) is 9.47 Å². The molecule has 0 unspecified atom stereocenters. The van der Waals surface area contributed by atoms with Gasteiger partial charge in [-0.2, -0.15) is 0 Å². The Balaban J connectivity index is 2.00. The molecule has 0 saturated carbocycles. The summed E-state index contributed by atoms with van der Waals surface area (Å²) < 4.78 is 10.7. The number of benzene rings is 2. The summed E-state index contributed by atoms with van der Waals surface area (Å²) in [5.41, 5.74) is 5.10. The molecule has 0 amide bonds. The molecule has 162 valence electrons. The summed E-state index contributed by atoms with van der Waals surface area (Å²) in [5, 5.41) is 3.16. The SMILES string of the molecule is COC(=O)C1=C(C)NC(C)=C(C(=O)OCc2ccccc2)[C@H]1c1ccc(C(C)C)cc1. The Morgan fingerprint density at radius 2 is 1.48 bits per heavy atom. The number of carbonyl (C=O) groups excluding carboxylic acids is 2. The molecule has 31 heavy (non-hydrogen) atoms. The highest BCUT2D eigenvalue weighted by molar-refractivity contribution is 5.99. The van der Waals surface area contributed by atoms with Crippen LogP contribution in [0.1, 0.15) is 56.2 Å². The minimum absolute atomic E-state index is 0.158. The Labute approximate surface area is 183 Å². The second kappa shape index (κ2) is 9.65. The monoisotopic (exact) mass is 419 g/mol. The fraction of sp³-hybridized carbons (Fsp3) is 0.308. The fourth-order valence-corrected chi connectivity index (χ4v) is 3.85. The van der Waals surface area contributed by atoms with E-state index >= 15 is 0 Å². The molecule has 0 aliphatic carbocycles. The number of hydrogen-bond donors (Lipinski definition) is 1. The Kier molecular flexibility index (Phi) is 6.95. The summed E-state index contributed by atoms with van der Waals surface area (Å²) in [6, 6.07) is 17.5. The van der Waals surface area contributed by atoms with Crippen molar-refractivity contribution in [1.82, 2.24) is 5.32 Å². The lowest BCUT2D eigenvalue weighted by atomic mass is 9.80. The molecule has 5 nitrogen and oxygen atoms in total. The molecule has 5 heteroatoms. The molecular formula is C26H29NO4. The number of carbonyl (C=O) groups is 2. The summed E-state index contributed by atoms with van der Waals surface area (Å²) in [7, 11) is 1.35. The van der Waals surface area contributed by atoms with E-state index < -0.39 is 17.9 Å². The van der Waals surface area contributed by atoms with Crippen molar-refractivity contribution < 1.29 is 19.1 Å². The van der Waals surface area contributed by atoms with E-state index in [9.17, 15) is 9.59 Å². The molecule has 3 rings (SSSR count). The van der Waals surface area contributed by atoms with E-state index in [1.807, 2.05) is 68.4 Å². The van der Waals surface area contributed by atoms with Crippen LogP contribution in [0.5, 0.6) is 0 Å². The van der Waals surface area contributed by atoms with Crippen LogP contribution in [0, 0.1) is 0 Å². The Bertz CT molecular complexity index is 1020. The fourth-order valence-electron chi connectivity index (χ4n) is 3.85. The van der Waals surface area contributed by atoms with Crippen LogP contribution in [0.3, 0.4) is 0 Å². The lowest BCUT2D eigenvalue weighted by Gasteiger charge is -2.30. The third-order valence-corrected chi connectivity index (χ3v) is 5.53. The van der Waals surface area contributed by atoms with Crippen molar-refractivity contribution in [1.29, 1.82) is 0 Å². The van der Waals surface area contributed by atoms with Gasteiger partial charge in [0.1, 0.15) is 6.61 Å². The van der Waals surface area contributed by atoms with Crippen molar-refractivity contribution in [2.45, 2.75) is 46.1 Å². The molecular weight excluding hydrogens is 390 g/mol. The van der Waals surface area contributed by atoms with Gasteiger partial charge in [-0.1, -0.05) is 68.4 Å². The highest BCUT2D eigenvalue weighted by atomic mass is 16.5. The van der Waals surface area contributed by atoms with Crippen LogP contribution in [-0.2, 0) is 25.7 Å². The molecule has 0 bridgehead atoms. The van der Waals surface area contributed by atoms with E-state index in [2.05, 4.69) is 19.2 Å². The van der Waals surface area contributed by atoms with Crippen LogP contribution in [0.15, 0.2) is 77.1 Å². The maximum atomic E-state index is 13.2. The van der Waals surface area contributed by atoms with Gasteiger partial charge in [-0.15, -0.1) is 0 Å². The van der Waals surface area contributed by atoms with Gasteiger partial charge in [0.05, 0.1) is 24.2 Å². The van der Waals surface area contributed by atoms with Gasteiger partial charge >= 0.3 is 11.9 Å². The number of ether oxygens (including phenoxy) is 2. The molecule has 1 aliphatic rings.